The number of nitrogens with zero attached hydrogens (tertiary/aromatic N) is 1. The van der Waals surface area contributed by atoms with Crippen molar-refractivity contribution in [2.75, 3.05) is 5.32 Å². The minimum Gasteiger partial charge on any atom is -0.507 e. The van der Waals surface area contributed by atoms with Crippen molar-refractivity contribution < 1.29 is 19.1 Å². The summed E-state index contributed by atoms with van der Waals surface area (Å²) in [4.78, 5) is 17.4. The number of fused-ring (bicyclic) bond motifs is 1. The zero-order chi connectivity index (χ0) is 23.5. The molecule has 6 heteroatoms. The van der Waals surface area contributed by atoms with Gasteiger partial charge in [0.05, 0.1) is 11.1 Å². The van der Waals surface area contributed by atoms with Crippen molar-refractivity contribution in [1.29, 1.82) is 0 Å². The molecule has 0 spiro atoms. The van der Waals surface area contributed by atoms with Gasteiger partial charge < -0.3 is 19.6 Å². The monoisotopic (exact) mass is 450 g/mol. The Morgan fingerprint density at radius 2 is 1.76 bits per heavy atom. The molecule has 1 aromatic heterocycles. The second-order valence-corrected chi connectivity index (χ2v) is 7.95. The molecule has 0 radical (unpaired) electrons. The van der Waals surface area contributed by atoms with E-state index < -0.39 is 5.91 Å². The molecule has 0 aliphatic carbocycles. The Kier molecular flexibility index (Phi) is 5.70. The van der Waals surface area contributed by atoms with Crippen molar-refractivity contribution in [2.45, 2.75) is 13.5 Å². The number of hydrogen-bond acceptors (Lipinski definition) is 5. The van der Waals surface area contributed by atoms with Crippen LogP contribution in [0.1, 0.15) is 21.5 Å². The van der Waals surface area contributed by atoms with E-state index in [1.807, 2.05) is 55.5 Å². The van der Waals surface area contributed by atoms with E-state index in [9.17, 15) is 9.90 Å². The summed E-state index contributed by atoms with van der Waals surface area (Å²) in [6, 6.07) is 27.3. The molecule has 0 atom stereocenters. The van der Waals surface area contributed by atoms with Gasteiger partial charge in [0.25, 0.3) is 5.91 Å². The number of aromatic hydroxyl groups is 1. The van der Waals surface area contributed by atoms with Crippen molar-refractivity contribution in [2.24, 2.45) is 0 Å². The Hall–Kier alpha value is -4.58. The number of carbonyl (C=O) groups is 1. The standard InChI is InChI=1S/C28H22N2O4/c1-18-11-13-26-23(15-18)30-28(34-26)22-16-20(29-27(32)21-9-5-6-10-24(21)31)12-14-25(22)33-17-19-7-3-2-4-8-19/h2-16,31H,17H2,1H3,(H,29,32). The van der Waals surface area contributed by atoms with E-state index in [0.717, 1.165) is 16.6 Å². The van der Waals surface area contributed by atoms with Crippen LogP contribution in [0.3, 0.4) is 0 Å². The van der Waals surface area contributed by atoms with E-state index in [1.165, 1.54) is 6.07 Å². The maximum absolute atomic E-state index is 12.7. The normalized spacial score (nSPS) is 10.9. The van der Waals surface area contributed by atoms with Crippen LogP contribution in [0, 0.1) is 6.92 Å². The smallest absolute Gasteiger partial charge is 0.259 e. The molecule has 5 rings (SSSR count). The molecule has 0 saturated heterocycles. The van der Waals surface area contributed by atoms with E-state index in [4.69, 9.17) is 9.15 Å². The predicted octanol–water partition coefficient (Wildman–Crippen LogP) is 6.34. The van der Waals surface area contributed by atoms with Crippen molar-refractivity contribution in [3.8, 4) is 23.0 Å². The highest BCUT2D eigenvalue weighted by Crippen LogP contribution is 2.35. The topological polar surface area (TPSA) is 84.6 Å². The average molecular weight is 450 g/mol. The number of phenolic OH excluding ortho intramolecular Hbond substituents is 1. The molecule has 2 N–H and O–H groups in total. The first-order valence-corrected chi connectivity index (χ1v) is 10.8. The van der Waals surface area contributed by atoms with E-state index in [1.54, 1.807) is 36.4 Å². The summed E-state index contributed by atoms with van der Waals surface area (Å²) in [5, 5.41) is 12.8. The third kappa shape index (κ3) is 4.47. The summed E-state index contributed by atoms with van der Waals surface area (Å²) in [7, 11) is 0. The van der Waals surface area contributed by atoms with Crippen LogP contribution in [0.25, 0.3) is 22.6 Å². The first-order valence-electron chi connectivity index (χ1n) is 10.8. The summed E-state index contributed by atoms with van der Waals surface area (Å²) in [6.07, 6.45) is 0. The maximum atomic E-state index is 12.7. The number of rotatable bonds is 6. The molecule has 0 fully saturated rings. The molecule has 34 heavy (non-hydrogen) atoms. The number of anilines is 1. The highest BCUT2D eigenvalue weighted by Gasteiger charge is 2.17. The molecule has 1 amide bonds. The van der Waals surface area contributed by atoms with E-state index >= 15 is 0 Å². The van der Waals surface area contributed by atoms with Crippen LogP contribution < -0.4 is 10.1 Å². The second-order valence-electron chi connectivity index (χ2n) is 7.95. The lowest BCUT2D eigenvalue weighted by Crippen LogP contribution is -2.12. The van der Waals surface area contributed by atoms with Crippen LogP contribution in [0.5, 0.6) is 11.5 Å². The van der Waals surface area contributed by atoms with Gasteiger partial charge in [0, 0.05) is 5.69 Å². The number of amides is 1. The van der Waals surface area contributed by atoms with Gasteiger partial charge in [-0.3, -0.25) is 4.79 Å². The summed E-state index contributed by atoms with van der Waals surface area (Å²) in [6.45, 7) is 2.37. The molecular formula is C28H22N2O4. The van der Waals surface area contributed by atoms with Crippen LogP contribution in [0.4, 0.5) is 5.69 Å². The molecule has 4 aromatic carbocycles. The first kappa shape index (κ1) is 21.3. The van der Waals surface area contributed by atoms with Crippen LogP contribution >= 0.6 is 0 Å². The summed E-state index contributed by atoms with van der Waals surface area (Å²) in [5.74, 6) is 0.461. The van der Waals surface area contributed by atoms with Crippen molar-refractivity contribution in [3.63, 3.8) is 0 Å². The van der Waals surface area contributed by atoms with Gasteiger partial charge in [0.15, 0.2) is 5.58 Å². The molecule has 168 valence electrons. The van der Waals surface area contributed by atoms with Gasteiger partial charge in [0.1, 0.15) is 23.6 Å². The fraction of sp³-hybridized carbons (Fsp3) is 0.0714. The highest BCUT2D eigenvalue weighted by molar-refractivity contribution is 6.06. The molecule has 5 aromatic rings. The number of carbonyl (C=O) groups excluding carboxylic acids is 1. The molecule has 0 aliphatic heterocycles. The molecular weight excluding hydrogens is 428 g/mol. The second kappa shape index (κ2) is 9.11. The van der Waals surface area contributed by atoms with Crippen molar-refractivity contribution in [3.05, 3.63) is 108 Å². The number of aryl methyl sites for hydroxylation is 1. The molecule has 6 nitrogen and oxygen atoms in total. The molecule has 0 saturated carbocycles. The summed E-state index contributed by atoms with van der Waals surface area (Å²) < 4.78 is 12.1. The SMILES string of the molecule is Cc1ccc2oc(-c3cc(NC(=O)c4ccccc4O)ccc3OCc3ccccc3)nc2c1. The molecule has 0 aliphatic rings. The fourth-order valence-electron chi connectivity index (χ4n) is 3.65. The quantitative estimate of drug-likeness (QED) is 0.315. The lowest BCUT2D eigenvalue weighted by Gasteiger charge is -2.13. The largest absolute Gasteiger partial charge is 0.507 e. The Labute approximate surface area is 196 Å². The lowest BCUT2D eigenvalue weighted by molar-refractivity contribution is 0.102. The van der Waals surface area contributed by atoms with Crippen molar-refractivity contribution >= 4 is 22.7 Å². The Bertz CT molecular complexity index is 1470. The minimum absolute atomic E-state index is 0.0858. The van der Waals surface area contributed by atoms with Gasteiger partial charge in [-0.1, -0.05) is 48.5 Å². The third-order valence-electron chi connectivity index (χ3n) is 5.40. The Morgan fingerprint density at radius 1 is 0.971 bits per heavy atom. The average Bonchev–Trinajstić information content (AvgIpc) is 3.27. The van der Waals surface area contributed by atoms with Crippen molar-refractivity contribution in [1.82, 2.24) is 4.98 Å². The molecule has 0 unspecified atom stereocenters. The van der Waals surface area contributed by atoms with Gasteiger partial charge in [-0.15, -0.1) is 0 Å². The maximum Gasteiger partial charge on any atom is 0.259 e. The fourth-order valence-corrected chi connectivity index (χ4v) is 3.65. The third-order valence-corrected chi connectivity index (χ3v) is 5.40. The van der Waals surface area contributed by atoms with E-state index in [-0.39, 0.29) is 11.3 Å². The van der Waals surface area contributed by atoms with E-state index in [2.05, 4.69) is 10.3 Å². The molecule has 1 heterocycles. The van der Waals surface area contributed by atoms with Gasteiger partial charge in [0.2, 0.25) is 5.89 Å². The summed E-state index contributed by atoms with van der Waals surface area (Å²) in [5.41, 5.74) is 4.83. The van der Waals surface area contributed by atoms with Gasteiger partial charge in [-0.25, -0.2) is 4.98 Å². The van der Waals surface area contributed by atoms with Gasteiger partial charge in [-0.2, -0.15) is 0 Å². The Morgan fingerprint density at radius 3 is 2.59 bits per heavy atom. The predicted molar refractivity (Wildman–Crippen MR) is 131 cm³/mol. The molecule has 0 bridgehead atoms. The zero-order valence-electron chi connectivity index (χ0n) is 18.5. The summed E-state index contributed by atoms with van der Waals surface area (Å²) >= 11 is 0. The number of para-hydroxylation sites is 1. The van der Waals surface area contributed by atoms with Crippen LogP contribution in [-0.4, -0.2) is 16.0 Å². The van der Waals surface area contributed by atoms with Gasteiger partial charge >= 0.3 is 0 Å². The first-order chi connectivity index (χ1) is 16.6. The number of nitrogens with one attached hydrogen (secondary N) is 1. The van der Waals surface area contributed by atoms with Crippen LogP contribution in [-0.2, 0) is 6.61 Å². The number of ether oxygens (including phenoxy) is 1. The number of oxazole rings is 1. The highest BCUT2D eigenvalue weighted by atomic mass is 16.5. The Balaban J connectivity index is 1.50. The number of phenols is 1. The van der Waals surface area contributed by atoms with E-state index in [0.29, 0.717) is 35.1 Å². The zero-order valence-corrected chi connectivity index (χ0v) is 18.5. The number of hydrogen-bond donors (Lipinski definition) is 2. The van der Waals surface area contributed by atoms with Gasteiger partial charge in [-0.05, 0) is 60.5 Å². The van der Waals surface area contributed by atoms with Crippen LogP contribution in [0.15, 0.2) is 95.4 Å². The van der Waals surface area contributed by atoms with Crippen LogP contribution in [0.2, 0.25) is 0 Å². The lowest BCUT2D eigenvalue weighted by atomic mass is 10.1. The number of aromatic nitrogens is 1. The number of benzene rings is 4. The minimum atomic E-state index is -0.421.